The summed E-state index contributed by atoms with van der Waals surface area (Å²) in [7, 11) is 0. The van der Waals surface area contributed by atoms with E-state index < -0.39 is 0 Å². The van der Waals surface area contributed by atoms with Crippen molar-refractivity contribution in [3.05, 3.63) is 33.5 Å². The summed E-state index contributed by atoms with van der Waals surface area (Å²) in [6.07, 6.45) is 3.95. The first kappa shape index (κ1) is 6.01. The van der Waals surface area contributed by atoms with Crippen LogP contribution < -0.4 is 0 Å². The Bertz CT molecular complexity index is 203. The molecule has 0 atom stereocenters. The van der Waals surface area contributed by atoms with Gasteiger partial charge in [0, 0.05) is 6.08 Å². The van der Waals surface area contributed by atoms with Gasteiger partial charge in [-0.1, -0.05) is 5.57 Å². The van der Waals surface area contributed by atoms with Crippen LogP contribution in [-0.2, 0) is 0 Å². The second-order valence-corrected chi connectivity index (χ2v) is 2.08. The fourth-order valence-electron chi connectivity index (χ4n) is 0.763. The summed E-state index contributed by atoms with van der Waals surface area (Å²) >= 11 is 0. The van der Waals surface area contributed by atoms with Crippen molar-refractivity contribution in [1.29, 1.82) is 0 Å². The van der Waals surface area contributed by atoms with E-state index in [2.05, 4.69) is 0 Å². The highest BCUT2D eigenvalue weighted by molar-refractivity contribution is 5.26. The van der Waals surface area contributed by atoms with Crippen LogP contribution in [-0.4, -0.2) is 4.92 Å². The van der Waals surface area contributed by atoms with Gasteiger partial charge in [0.1, 0.15) is 0 Å². The van der Waals surface area contributed by atoms with E-state index in [9.17, 15) is 10.1 Å². The topological polar surface area (TPSA) is 43.1 Å². The summed E-state index contributed by atoms with van der Waals surface area (Å²) < 4.78 is 0. The fraction of sp³-hybridized carbons (Fsp3) is 0.333. The second-order valence-electron chi connectivity index (χ2n) is 2.08. The normalized spacial score (nSPS) is 17.0. The lowest BCUT2D eigenvalue weighted by Gasteiger charge is -1.82. The highest BCUT2D eigenvalue weighted by Crippen LogP contribution is 2.15. The lowest BCUT2D eigenvalue weighted by Crippen LogP contribution is -1.91. The Hall–Kier alpha value is -1.12. The third-order valence-corrected chi connectivity index (χ3v) is 1.24. The zero-order valence-corrected chi connectivity index (χ0v) is 5.13. The van der Waals surface area contributed by atoms with E-state index in [1.165, 1.54) is 0 Å². The van der Waals surface area contributed by atoms with Gasteiger partial charge in [-0.15, -0.1) is 0 Å². The Morgan fingerprint density at radius 3 is 2.67 bits per heavy atom. The minimum Gasteiger partial charge on any atom is -0.258 e. The second kappa shape index (κ2) is 2.01. The molecule has 48 valence electrons. The van der Waals surface area contributed by atoms with E-state index in [-0.39, 0.29) is 10.6 Å². The van der Waals surface area contributed by atoms with Crippen LogP contribution in [0.2, 0.25) is 0 Å². The Balaban J connectivity index is 2.75. The average Bonchev–Trinajstić information content (AvgIpc) is 2.14. The Kier molecular flexibility index (Phi) is 1.34. The molecule has 0 saturated carbocycles. The molecule has 0 bridgehead atoms. The molecule has 3 heteroatoms. The van der Waals surface area contributed by atoms with Gasteiger partial charge in [0.2, 0.25) is 0 Å². The molecule has 0 aromatic rings. The predicted molar refractivity (Wildman–Crippen MR) is 33.5 cm³/mol. The third kappa shape index (κ3) is 1.16. The van der Waals surface area contributed by atoms with Gasteiger partial charge < -0.3 is 0 Å². The highest BCUT2D eigenvalue weighted by atomic mass is 16.6. The summed E-state index contributed by atoms with van der Waals surface area (Å²) in [5.74, 6) is 0. The Labute approximate surface area is 52.8 Å². The number of rotatable bonds is 1. The summed E-state index contributed by atoms with van der Waals surface area (Å²) in [5, 5.41) is 10.0. The zero-order valence-electron chi connectivity index (χ0n) is 5.13. The molecule has 0 N–H and O–H groups in total. The molecule has 3 nitrogen and oxygen atoms in total. The highest BCUT2D eigenvalue weighted by Gasteiger charge is 2.11. The quantitative estimate of drug-likeness (QED) is 0.393. The van der Waals surface area contributed by atoms with E-state index in [0.717, 1.165) is 12.0 Å². The third-order valence-electron chi connectivity index (χ3n) is 1.24. The van der Waals surface area contributed by atoms with Crippen molar-refractivity contribution in [2.75, 3.05) is 0 Å². The average molecular weight is 125 g/mol. The molecule has 0 amide bonds. The minimum atomic E-state index is -0.365. The molecule has 0 aromatic heterocycles. The smallest absolute Gasteiger partial charge is 0.258 e. The fourth-order valence-corrected chi connectivity index (χ4v) is 0.763. The van der Waals surface area contributed by atoms with E-state index in [0.29, 0.717) is 0 Å². The standard InChI is InChI=1S/C6H7NO2/c1-5-2-3-6(4-5)7(8)9/h3-4H,2H2,1H3. The molecule has 1 aliphatic carbocycles. The molecule has 1 aliphatic rings. The monoisotopic (exact) mass is 125 g/mol. The van der Waals surface area contributed by atoms with Crippen LogP contribution in [0.25, 0.3) is 0 Å². The van der Waals surface area contributed by atoms with Crippen molar-refractivity contribution in [2.45, 2.75) is 13.3 Å². The Morgan fingerprint density at radius 1 is 1.78 bits per heavy atom. The predicted octanol–water partition coefficient (Wildman–Crippen LogP) is 1.50. The molecule has 0 aliphatic heterocycles. The van der Waals surface area contributed by atoms with E-state index in [4.69, 9.17) is 0 Å². The number of allylic oxidation sites excluding steroid dienone is 3. The lowest BCUT2D eigenvalue weighted by molar-refractivity contribution is -0.418. The summed E-state index contributed by atoms with van der Waals surface area (Å²) in [6, 6.07) is 0. The SMILES string of the molecule is CC1=CC([N+](=O)[O-])=CC1. The zero-order chi connectivity index (χ0) is 6.85. The molecule has 0 saturated heterocycles. The van der Waals surface area contributed by atoms with Gasteiger partial charge in [-0.3, -0.25) is 10.1 Å². The van der Waals surface area contributed by atoms with Crippen molar-refractivity contribution in [2.24, 2.45) is 0 Å². The summed E-state index contributed by atoms with van der Waals surface area (Å²) in [4.78, 5) is 9.68. The van der Waals surface area contributed by atoms with Crippen molar-refractivity contribution in [3.8, 4) is 0 Å². The van der Waals surface area contributed by atoms with Crippen LogP contribution in [0, 0.1) is 10.1 Å². The molecule has 0 fully saturated rings. The van der Waals surface area contributed by atoms with Crippen LogP contribution >= 0.6 is 0 Å². The number of hydrogen-bond acceptors (Lipinski definition) is 2. The lowest BCUT2D eigenvalue weighted by atomic mass is 10.3. The summed E-state index contributed by atoms with van der Waals surface area (Å²) in [5.41, 5.74) is 1.29. The first-order valence-corrected chi connectivity index (χ1v) is 2.72. The van der Waals surface area contributed by atoms with E-state index in [1.807, 2.05) is 6.92 Å². The van der Waals surface area contributed by atoms with Crippen molar-refractivity contribution in [1.82, 2.24) is 0 Å². The van der Waals surface area contributed by atoms with Crippen LogP contribution in [0.5, 0.6) is 0 Å². The number of hydrogen-bond donors (Lipinski definition) is 0. The van der Waals surface area contributed by atoms with Crippen molar-refractivity contribution >= 4 is 0 Å². The molecule has 1 rings (SSSR count). The van der Waals surface area contributed by atoms with Crippen LogP contribution in [0.1, 0.15) is 13.3 Å². The molecular formula is C6H7NO2. The molecule has 0 heterocycles. The van der Waals surface area contributed by atoms with Crippen LogP contribution in [0.15, 0.2) is 23.4 Å². The van der Waals surface area contributed by atoms with Crippen molar-refractivity contribution < 1.29 is 4.92 Å². The minimum absolute atomic E-state index is 0.229. The Morgan fingerprint density at radius 2 is 2.44 bits per heavy atom. The van der Waals surface area contributed by atoms with Gasteiger partial charge in [-0.05, 0) is 19.4 Å². The van der Waals surface area contributed by atoms with Crippen LogP contribution in [0.4, 0.5) is 0 Å². The van der Waals surface area contributed by atoms with Gasteiger partial charge in [0.05, 0.1) is 4.92 Å². The molecule has 0 aromatic carbocycles. The first-order valence-electron chi connectivity index (χ1n) is 2.72. The molecule has 9 heavy (non-hydrogen) atoms. The van der Waals surface area contributed by atoms with E-state index in [1.54, 1.807) is 12.2 Å². The van der Waals surface area contributed by atoms with Gasteiger partial charge >= 0.3 is 0 Å². The summed E-state index contributed by atoms with van der Waals surface area (Å²) in [6.45, 7) is 1.88. The maximum absolute atomic E-state index is 10.0. The first-order chi connectivity index (χ1) is 4.20. The van der Waals surface area contributed by atoms with E-state index >= 15 is 0 Å². The largest absolute Gasteiger partial charge is 0.265 e. The van der Waals surface area contributed by atoms with Gasteiger partial charge in [-0.2, -0.15) is 0 Å². The van der Waals surface area contributed by atoms with Gasteiger partial charge in [0.25, 0.3) is 5.70 Å². The molecule has 0 unspecified atom stereocenters. The van der Waals surface area contributed by atoms with Gasteiger partial charge in [-0.25, -0.2) is 0 Å². The molecule has 0 radical (unpaired) electrons. The maximum atomic E-state index is 10.0. The number of nitrogens with zero attached hydrogens (tertiary/aromatic N) is 1. The van der Waals surface area contributed by atoms with Gasteiger partial charge in [0.15, 0.2) is 0 Å². The molecule has 0 spiro atoms. The molecular weight excluding hydrogens is 118 g/mol. The number of nitro groups is 1. The maximum Gasteiger partial charge on any atom is 0.265 e. The van der Waals surface area contributed by atoms with Crippen molar-refractivity contribution in [3.63, 3.8) is 0 Å². The van der Waals surface area contributed by atoms with Crippen LogP contribution in [0.3, 0.4) is 0 Å².